The first-order valence-electron chi connectivity index (χ1n) is 5.85. The average Bonchev–Trinajstić information content (AvgIpc) is 2.40. The highest BCUT2D eigenvalue weighted by molar-refractivity contribution is 5.94. The minimum absolute atomic E-state index is 0. The molecule has 0 atom stereocenters. The second-order valence-electron chi connectivity index (χ2n) is 3.99. The maximum atomic E-state index is 4.91. The van der Waals surface area contributed by atoms with E-state index >= 15 is 0 Å². The molecule has 2 aromatic carbocycles. The average molecular weight is 257 g/mol. The summed E-state index contributed by atoms with van der Waals surface area (Å²) in [6.45, 7) is 3.94. The molecule has 0 fully saturated rings. The lowest BCUT2D eigenvalue weighted by Gasteiger charge is -2.11. The Morgan fingerprint density at radius 3 is 2.37 bits per heavy atom. The third-order valence-electron chi connectivity index (χ3n) is 2.83. The van der Waals surface area contributed by atoms with Crippen LogP contribution in [0.2, 0.25) is 0 Å². The molecular weight excluding hydrogens is 234 g/mol. The molecule has 0 aromatic heterocycles. The minimum Gasteiger partial charge on any atom is -0.344 e. The fourth-order valence-corrected chi connectivity index (χ4v) is 2.07. The van der Waals surface area contributed by atoms with E-state index in [1.165, 1.54) is 21.9 Å². The number of benzene rings is 2. The van der Waals surface area contributed by atoms with E-state index in [1.807, 2.05) is 0 Å². The van der Waals surface area contributed by atoms with E-state index in [0.29, 0.717) is 6.54 Å². The molecule has 0 saturated heterocycles. The lowest BCUT2D eigenvalue weighted by atomic mass is 9.93. The molecule has 0 spiro atoms. The Balaban J connectivity index is 0.000000486. The Bertz CT molecular complexity index is 554. The van der Waals surface area contributed by atoms with Gasteiger partial charge in [0.2, 0.25) is 0 Å². The summed E-state index contributed by atoms with van der Waals surface area (Å²) >= 11 is 0. The van der Waals surface area contributed by atoms with Gasteiger partial charge < -0.3 is 18.0 Å². The van der Waals surface area contributed by atoms with Gasteiger partial charge in [0.25, 0.3) is 0 Å². The van der Waals surface area contributed by atoms with Crippen molar-refractivity contribution in [3.05, 3.63) is 66.3 Å². The largest absolute Gasteiger partial charge is 0.344 e. The van der Waals surface area contributed by atoms with Gasteiger partial charge in [-0.3, -0.25) is 0 Å². The number of hydrogen-bond acceptors (Lipinski definition) is 3. The van der Waals surface area contributed by atoms with E-state index in [1.54, 1.807) is 6.08 Å². The Kier molecular flexibility index (Phi) is 7.37. The van der Waals surface area contributed by atoms with Crippen molar-refractivity contribution in [3.63, 3.8) is 0 Å². The molecular formula is C16H23N3. The second-order valence-corrected chi connectivity index (χ2v) is 3.99. The molecule has 0 bridgehead atoms. The first-order chi connectivity index (χ1) is 8.36. The van der Waals surface area contributed by atoms with Gasteiger partial charge in [-0.1, -0.05) is 54.6 Å². The molecule has 0 amide bonds. The molecule has 2 aromatic rings. The van der Waals surface area contributed by atoms with Gasteiger partial charge in [0.05, 0.1) is 0 Å². The van der Waals surface area contributed by atoms with Crippen LogP contribution in [0.25, 0.3) is 16.8 Å². The van der Waals surface area contributed by atoms with Gasteiger partial charge in [0, 0.05) is 6.54 Å². The van der Waals surface area contributed by atoms with Crippen LogP contribution >= 0.6 is 0 Å². The van der Waals surface area contributed by atoms with E-state index in [2.05, 4.69) is 55.1 Å². The van der Waals surface area contributed by atoms with Crippen LogP contribution in [0.15, 0.2) is 55.1 Å². The maximum absolute atomic E-state index is 4.91. The molecule has 1 aliphatic carbocycles. The van der Waals surface area contributed by atoms with Crippen molar-refractivity contribution in [1.82, 2.24) is 12.3 Å². The smallest absolute Gasteiger partial charge is 0.0104 e. The SMILES string of the molecule is C1=Cc2cccc3cccc(c23)C1.C=CCN.N.N. The highest BCUT2D eigenvalue weighted by Gasteiger charge is 2.06. The lowest BCUT2D eigenvalue weighted by Crippen LogP contribution is -1.91. The molecule has 3 heteroatoms. The Hall–Kier alpha value is -1.94. The molecule has 8 N–H and O–H groups in total. The van der Waals surface area contributed by atoms with E-state index < -0.39 is 0 Å². The number of hydrogen-bond donors (Lipinski definition) is 3. The Labute approximate surface area is 115 Å². The number of allylic oxidation sites excluding steroid dienone is 1. The Morgan fingerprint density at radius 1 is 1.11 bits per heavy atom. The molecule has 0 aliphatic heterocycles. The highest BCUT2D eigenvalue weighted by Crippen LogP contribution is 2.27. The highest BCUT2D eigenvalue weighted by atomic mass is 14.5. The van der Waals surface area contributed by atoms with Crippen molar-refractivity contribution < 1.29 is 0 Å². The molecule has 0 heterocycles. The summed E-state index contributed by atoms with van der Waals surface area (Å²) in [5.74, 6) is 0. The third-order valence-corrected chi connectivity index (χ3v) is 2.83. The molecule has 1 aliphatic rings. The summed E-state index contributed by atoms with van der Waals surface area (Å²) in [5, 5.41) is 2.80. The number of rotatable bonds is 1. The van der Waals surface area contributed by atoms with E-state index in [0.717, 1.165) is 6.42 Å². The summed E-state index contributed by atoms with van der Waals surface area (Å²) in [5.41, 5.74) is 7.72. The third kappa shape index (κ3) is 3.76. The van der Waals surface area contributed by atoms with Crippen LogP contribution in [0, 0.1) is 0 Å². The molecule has 0 unspecified atom stereocenters. The fourth-order valence-electron chi connectivity index (χ4n) is 2.07. The second kappa shape index (κ2) is 8.21. The topological polar surface area (TPSA) is 96.0 Å². The van der Waals surface area contributed by atoms with Gasteiger partial charge in [-0.15, -0.1) is 6.58 Å². The van der Waals surface area contributed by atoms with Crippen molar-refractivity contribution in [3.8, 4) is 0 Å². The van der Waals surface area contributed by atoms with Crippen LogP contribution in [0.4, 0.5) is 0 Å². The summed E-state index contributed by atoms with van der Waals surface area (Å²) in [6, 6.07) is 13.0. The van der Waals surface area contributed by atoms with Crippen LogP contribution < -0.4 is 18.0 Å². The zero-order valence-corrected chi connectivity index (χ0v) is 11.3. The van der Waals surface area contributed by atoms with Crippen LogP contribution in [0.3, 0.4) is 0 Å². The van der Waals surface area contributed by atoms with Gasteiger partial charge in [-0.05, 0) is 28.3 Å². The molecule has 3 rings (SSSR count). The van der Waals surface area contributed by atoms with E-state index in [4.69, 9.17) is 5.73 Å². The van der Waals surface area contributed by atoms with Gasteiger partial charge in [-0.25, -0.2) is 0 Å². The maximum Gasteiger partial charge on any atom is 0.0104 e. The number of nitrogens with two attached hydrogens (primary N) is 1. The normalized spacial score (nSPS) is 10.6. The summed E-state index contributed by atoms with van der Waals surface area (Å²) in [7, 11) is 0. The van der Waals surface area contributed by atoms with Crippen molar-refractivity contribution in [2.45, 2.75) is 6.42 Å². The van der Waals surface area contributed by atoms with Crippen molar-refractivity contribution in [2.24, 2.45) is 5.73 Å². The molecule has 102 valence electrons. The standard InChI is InChI=1S/C13H10.C3H7N.2H3N/c1-4-10-6-2-8-12-9-3-7-11(5-1)13(10)12;1-2-3-4;;/h1-8H,9H2;2H,1,3-4H2;2*1H3. The summed E-state index contributed by atoms with van der Waals surface area (Å²) < 4.78 is 0. The zero-order chi connectivity index (χ0) is 12.1. The summed E-state index contributed by atoms with van der Waals surface area (Å²) in [4.78, 5) is 0. The van der Waals surface area contributed by atoms with E-state index in [9.17, 15) is 0 Å². The van der Waals surface area contributed by atoms with Crippen molar-refractivity contribution in [2.75, 3.05) is 6.54 Å². The Morgan fingerprint density at radius 2 is 1.74 bits per heavy atom. The van der Waals surface area contributed by atoms with Gasteiger partial charge in [0.15, 0.2) is 0 Å². The minimum atomic E-state index is 0. The van der Waals surface area contributed by atoms with Gasteiger partial charge in [-0.2, -0.15) is 0 Å². The van der Waals surface area contributed by atoms with Crippen LogP contribution in [0.1, 0.15) is 11.1 Å². The predicted molar refractivity (Wildman–Crippen MR) is 86.0 cm³/mol. The van der Waals surface area contributed by atoms with Crippen LogP contribution in [0.5, 0.6) is 0 Å². The van der Waals surface area contributed by atoms with Crippen LogP contribution in [-0.2, 0) is 6.42 Å². The predicted octanol–water partition coefficient (Wildman–Crippen LogP) is 3.86. The van der Waals surface area contributed by atoms with Crippen LogP contribution in [-0.4, -0.2) is 6.54 Å². The zero-order valence-electron chi connectivity index (χ0n) is 11.3. The van der Waals surface area contributed by atoms with Crippen molar-refractivity contribution in [1.29, 1.82) is 0 Å². The first kappa shape index (κ1) is 17.1. The monoisotopic (exact) mass is 257 g/mol. The van der Waals surface area contributed by atoms with Crippen molar-refractivity contribution >= 4 is 16.8 Å². The first-order valence-corrected chi connectivity index (χ1v) is 5.85. The fraction of sp³-hybridized carbons (Fsp3) is 0.125. The molecule has 19 heavy (non-hydrogen) atoms. The molecule has 0 radical (unpaired) electrons. The quantitative estimate of drug-likeness (QED) is 0.677. The lowest BCUT2D eigenvalue weighted by molar-refractivity contribution is 1.26. The van der Waals surface area contributed by atoms with Gasteiger partial charge in [0.1, 0.15) is 0 Å². The van der Waals surface area contributed by atoms with Gasteiger partial charge >= 0.3 is 0 Å². The summed E-state index contributed by atoms with van der Waals surface area (Å²) in [6.07, 6.45) is 7.18. The molecule has 0 saturated carbocycles. The molecule has 3 nitrogen and oxygen atoms in total. The van der Waals surface area contributed by atoms with E-state index in [-0.39, 0.29) is 12.3 Å².